The van der Waals surface area contributed by atoms with Crippen molar-refractivity contribution < 1.29 is 9.47 Å². The van der Waals surface area contributed by atoms with Gasteiger partial charge < -0.3 is 14.4 Å². The maximum Gasteiger partial charge on any atom is 0.131 e. The fourth-order valence-corrected chi connectivity index (χ4v) is 5.41. The van der Waals surface area contributed by atoms with Crippen molar-refractivity contribution in [3.05, 3.63) is 77.6 Å². The highest BCUT2D eigenvalue weighted by atomic mass is 16.5. The Hall–Kier alpha value is -3.89. The van der Waals surface area contributed by atoms with Crippen molar-refractivity contribution in [2.75, 3.05) is 18.1 Å². The standard InChI is InChI=1S/C27H23N5O2/c28-13-17-3-1-5-22-21(17)4-2-6-25(22)34-20-8-7-18-14-30-32(23(18)12-20)19-9-10-29-27(11-19)31-15-26-24(31)16-33-26/h1,3,5,7-12,14,24-26H,2,4,6,15-16H2. The number of fused-ring (bicyclic) bond motifs is 3. The number of morpholine rings is 1. The minimum Gasteiger partial charge on any atom is -0.486 e. The SMILES string of the molecule is N#Cc1cccc2c1CCCC2Oc1ccc2cnn(-c3ccnc(N4CC5OCC54)c3)c2c1. The van der Waals surface area contributed by atoms with Gasteiger partial charge in [-0.15, -0.1) is 0 Å². The first-order valence-electron chi connectivity index (χ1n) is 11.8. The summed E-state index contributed by atoms with van der Waals surface area (Å²) >= 11 is 0. The third kappa shape index (κ3) is 2.99. The molecule has 3 atom stereocenters. The van der Waals surface area contributed by atoms with Gasteiger partial charge in [0, 0.05) is 30.3 Å². The van der Waals surface area contributed by atoms with Gasteiger partial charge in [0.1, 0.15) is 17.7 Å². The van der Waals surface area contributed by atoms with Crippen molar-refractivity contribution in [1.82, 2.24) is 14.8 Å². The first-order valence-corrected chi connectivity index (χ1v) is 11.8. The van der Waals surface area contributed by atoms with Crippen LogP contribution in [0.3, 0.4) is 0 Å². The summed E-state index contributed by atoms with van der Waals surface area (Å²) < 4.78 is 14.0. The molecular weight excluding hydrogens is 426 g/mol. The molecular formula is C27H23N5O2. The average molecular weight is 450 g/mol. The number of hydrogen-bond donors (Lipinski definition) is 0. The number of ether oxygens (including phenoxy) is 2. The molecule has 2 saturated heterocycles. The molecule has 0 bridgehead atoms. The molecule has 0 saturated carbocycles. The lowest BCUT2D eigenvalue weighted by atomic mass is 9.86. The molecule has 7 rings (SSSR count). The second-order valence-corrected chi connectivity index (χ2v) is 9.22. The van der Waals surface area contributed by atoms with Gasteiger partial charge >= 0.3 is 0 Å². The van der Waals surface area contributed by atoms with Crippen LogP contribution in [0, 0.1) is 11.3 Å². The summed E-state index contributed by atoms with van der Waals surface area (Å²) in [5, 5.41) is 15.2. The van der Waals surface area contributed by atoms with Crippen LogP contribution >= 0.6 is 0 Å². The molecule has 3 unspecified atom stereocenters. The predicted octanol–water partition coefficient (Wildman–Crippen LogP) is 4.34. The van der Waals surface area contributed by atoms with Gasteiger partial charge in [0.2, 0.25) is 0 Å². The predicted molar refractivity (Wildman–Crippen MR) is 127 cm³/mol. The monoisotopic (exact) mass is 449 g/mol. The maximum absolute atomic E-state index is 9.49. The topological polar surface area (TPSA) is 76.2 Å². The van der Waals surface area contributed by atoms with E-state index < -0.39 is 0 Å². The molecule has 4 aromatic rings. The van der Waals surface area contributed by atoms with Crippen molar-refractivity contribution in [2.24, 2.45) is 0 Å². The maximum atomic E-state index is 9.49. The van der Waals surface area contributed by atoms with Crippen LogP contribution in [0.15, 0.2) is 60.9 Å². The molecule has 7 heteroatoms. The zero-order valence-corrected chi connectivity index (χ0v) is 18.6. The number of benzene rings is 2. The number of hydrogen-bond acceptors (Lipinski definition) is 6. The molecule has 2 aromatic carbocycles. The van der Waals surface area contributed by atoms with Gasteiger partial charge in [-0.25, -0.2) is 9.67 Å². The number of pyridine rings is 1. The number of nitriles is 1. The molecule has 2 fully saturated rings. The van der Waals surface area contributed by atoms with E-state index in [0.717, 1.165) is 77.3 Å². The second-order valence-electron chi connectivity index (χ2n) is 9.22. The van der Waals surface area contributed by atoms with Crippen molar-refractivity contribution in [1.29, 1.82) is 5.26 Å². The zero-order chi connectivity index (χ0) is 22.6. The Bertz CT molecular complexity index is 1460. The highest BCUT2D eigenvalue weighted by molar-refractivity contribution is 5.82. The minimum atomic E-state index is -0.0533. The Labute approximate surface area is 197 Å². The molecule has 2 aromatic heterocycles. The van der Waals surface area contributed by atoms with E-state index in [4.69, 9.17) is 9.47 Å². The van der Waals surface area contributed by atoms with Crippen molar-refractivity contribution in [2.45, 2.75) is 37.5 Å². The van der Waals surface area contributed by atoms with E-state index in [1.807, 2.05) is 41.3 Å². The minimum absolute atomic E-state index is 0.0533. The van der Waals surface area contributed by atoms with Crippen LogP contribution in [0.4, 0.5) is 5.82 Å². The van der Waals surface area contributed by atoms with Gasteiger partial charge in [-0.2, -0.15) is 10.4 Å². The number of rotatable bonds is 4. The van der Waals surface area contributed by atoms with E-state index in [-0.39, 0.29) is 6.10 Å². The van der Waals surface area contributed by atoms with Crippen LogP contribution in [0.5, 0.6) is 5.75 Å². The highest BCUT2D eigenvalue weighted by Crippen LogP contribution is 2.37. The largest absolute Gasteiger partial charge is 0.486 e. The molecule has 0 spiro atoms. The Morgan fingerprint density at radius 2 is 2.12 bits per heavy atom. The van der Waals surface area contributed by atoms with Crippen LogP contribution < -0.4 is 9.64 Å². The molecule has 0 N–H and O–H groups in total. The first-order chi connectivity index (χ1) is 16.8. The lowest BCUT2D eigenvalue weighted by Crippen LogP contribution is -2.71. The second kappa shape index (κ2) is 7.57. The Kier molecular flexibility index (Phi) is 4.36. The molecule has 7 nitrogen and oxygen atoms in total. The van der Waals surface area contributed by atoms with Gasteiger partial charge in [0.25, 0.3) is 0 Å². The molecule has 1 aliphatic carbocycles. The zero-order valence-electron chi connectivity index (χ0n) is 18.6. The first kappa shape index (κ1) is 19.6. The van der Waals surface area contributed by atoms with Crippen molar-refractivity contribution in [3.8, 4) is 17.5 Å². The van der Waals surface area contributed by atoms with Gasteiger partial charge in [-0.1, -0.05) is 12.1 Å². The van der Waals surface area contributed by atoms with Crippen LogP contribution in [0.2, 0.25) is 0 Å². The number of anilines is 1. The fourth-order valence-electron chi connectivity index (χ4n) is 5.41. The summed E-state index contributed by atoms with van der Waals surface area (Å²) in [6.45, 7) is 1.68. The molecule has 0 amide bonds. The molecule has 0 radical (unpaired) electrons. The highest BCUT2D eigenvalue weighted by Gasteiger charge is 2.47. The van der Waals surface area contributed by atoms with E-state index in [1.165, 1.54) is 0 Å². The molecule has 4 heterocycles. The van der Waals surface area contributed by atoms with E-state index >= 15 is 0 Å². The normalized spacial score (nSPS) is 22.8. The van der Waals surface area contributed by atoms with E-state index in [1.54, 1.807) is 0 Å². The molecule has 34 heavy (non-hydrogen) atoms. The smallest absolute Gasteiger partial charge is 0.131 e. The number of nitrogens with zero attached hydrogens (tertiary/aromatic N) is 5. The summed E-state index contributed by atoms with van der Waals surface area (Å²) in [6, 6.07) is 18.9. The third-order valence-electron chi connectivity index (χ3n) is 7.35. The summed E-state index contributed by atoms with van der Waals surface area (Å²) in [7, 11) is 0. The Morgan fingerprint density at radius 3 is 2.94 bits per heavy atom. The van der Waals surface area contributed by atoms with Gasteiger partial charge in [-0.3, -0.25) is 0 Å². The lowest BCUT2D eigenvalue weighted by molar-refractivity contribution is -0.113. The fraction of sp³-hybridized carbons (Fsp3) is 0.296. The van der Waals surface area contributed by atoms with E-state index in [9.17, 15) is 5.26 Å². The summed E-state index contributed by atoms with van der Waals surface area (Å²) in [5.41, 5.74) is 4.98. The van der Waals surface area contributed by atoms with Crippen LogP contribution in [0.25, 0.3) is 16.6 Å². The van der Waals surface area contributed by atoms with Crippen LogP contribution in [-0.2, 0) is 11.2 Å². The molecule has 2 aliphatic heterocycles. The van der Waals surface area contributed by atoms with E-state index in [2.05, 4.69) is 45.3 Å². The molecule has 3 aliphatic rings. The van der Waals surface area contributed by atoms with Gasteiger partial charge in [0.15, 0.2) is 0 Å². The van der Waals surface area contributed by atoms with Crippen LogP contribution in [-0.4, -0.2) is 40.1 Å². The van der Waals surface area contributed by atoms with Gasteiger partial charge in [-0.05, 0) is 54.7 Å². The van der Waals surface area contributed by atoms with Crippen molar-refractivity contribution >= 4 is 16.7 Å². The summed E-state index contributed by atoms with van der Waals surface area (Å²) in [4.78, 5) is 6.88. The lowest BCUT2D eigenvalue weighted by Gasteiger charge is -2.55. The summed E-state index contributed by atoms with van der Waals surface area (Å²) in [5.74, 6) is 1.77. The Morgan fingerprint density at radius 1 is 1.15 bits per heavy atom. The Balaban J connectivity index is 1.21. The van der Waals surface area contributed by atoms with Gasteiger partial charge in [0.05, 0.1) is 47.8 Å². The third-order valence-corrected chi connectivity index (χ3v) is 7.35. The summed E-state index contributed by atoms with van der Waals surface area (Å²) in [6.07, 6.45) is 6.92. The average Bonchev–Trinajstić information content (AvgIpc) is 3.29. The van der Waals surface area contributed by atoms with Crippen molar-refractivity contribution in [3.63, 3.8) is 0 Å². The quantitative estimate of drug-likeness (QED) is 0.461. The number of aromatic nitrogens is 3. The molecule has 168 valence electrons. The van der Waals surface area contributed by atoms with E-state index in [0.29, 0.717) is 12.1 Å². The van der Waals surface area contributed by atoms with Crippen LogP contribution in [0.1, 0.15) is 35.6 Å².